The first-order valence-electron chi connectivity index (χ1n) is 7.70. The van der Waals surface area contributed by atoms with Crippen LogP contribution < -0.4 is 5.32 Å². The summed E-state index contributed by atoms with van der Waals surface area (Å²) in [5.74, 6) is 0. The Morgan fingerprint density at radius 1 is 1.40 bits per heavy atom. The first-order chi connectivity index (χ1) is 9.68. The van der Waals surface area contributed by atoms with Gasteiger partial charge in [0.1, 0.15) is 6.33 Å². The average molecular weight is 278 g/mol. The maximum Gasteiger partial charge on any atom is 0.326 e. The molecule has 5 heteroatoms. The Balaban J connectivity index is 1.78. The molecule has 0 radical (unpaired) electrons. The largest absolute Gasteiger partial charge is 0.336 e. The monoisotopic (exact) mass is 278 g/mol. The van der Waals surface area contributed by atoms with Crippen LogP contribution in [0.25, 0.3) is 0 Å². The molecule has 1 amide bonds. The Kier molecular flexibility index (Phi) is 5.59. The molecule has 112 valence electrons. The Morgan fingerprint density at radius 2 is 2.15 bits per heavy atom. The van der Waals surface area contributed by atoms with Gasteiger partial charge in [-0.1, -0.05) is 19.3 Å². The molecule has 1 aromatic rings. The van der Waals surface area contributed by atoms with Crippen molar-refractivity contribution in [3.8, 4) is 0 Å². The van der Waals surface area contributed by atoms with Gasteiger partial charge in [0.05, 0.1) is 0 Å². The van der Waals surface area contributed by atoms with Crippen molar-refractivity contribution >= 4 is 6.03 Å². The minimum Gasteiger partial charge on any atom is -0.336 e. The Morgan fingerprint density at radius 3 is 2.75 bits per heavy atom. The molecule has 1 N–H and O–H groups in total. The van der Waals surface area contributed by atoms with E-state index in [1.54, 1.807) is 12.4 Å². The van der Waals surface area contributed by atoms with Crippen molar-refractivity contribution in [2.24, 2.45) is 0 Å². The molecule has 1 heterocycles. The van der Waals surface area contributed by atoms with E-state index in [2.05, 4.69) is 29.0 Å². The summed E-state index contributed by atoms with van der Waals surface area (Å²) in [6, 6.07) is 1.12. The van der Waals surface area contributed by atoms with E-state index >= 15 is 0 Å². The maximum absolute atomic E-state index is 11.8. The van der Waals surface area contributed by atoms with Crippen LogP contribution in [0.3, 0.4) is 0 Å². The van der Waals surface area contributed by atoms with Gasteiger partial charge in [0, 0.05) is 37.6 Å². The van der Waals surface area contributed by atoms with E-state index in [-0.39, 0.29) is 6.03 Å². The molecule has 1 aliphatic rings. The topological polar surface area (TPSA) is 50.2 Å². The number of nitrogens with one attached hydrogen (secondary N) is 1. The highest BCUT2D eigenvalue weighted by atomic mass is 16.2. The van der Waals surface area contributed by atoms with Crippen molar-refractivity contribution in [3.05, 3.63) is 18.7 Å². The first-order valence-corrected chi connectivity index (χ1v) is 7.70. The molecule has 0 aromatic carbocycles. The normalized spacial score (nSPS) is 16.8. The van der Waals surface area contributed by atoms with Crippen LogP contribution in [0.4, 0.5) is 4.79 Å². The quantitative estimate of drug-likeness (QED) is 0.900. The van der Waals surface area contributed by atoms with Gasteiger partial charge in [-0.05, 0) is 26.7 Å². The minimum atomic E-state index is -0.102. The molecule has 1 fully saturated rings. The SMILES string of the molecule is CC(C)N(CCNC(=O)n1ccnc1)C1CCCCC1. The third kappa shape index (κ3) is 4.07. The summed E-state index contributed by atoms with van der Waals surface area (Å²) in [4.78, 5) is 18.2. The molecule has 5 nitrogen and oxygen atoms in total. The number of hydrogen-bond acceptors (Lipinski definition) is 3. The van der Waals surface area contributed by atoms with E-state index in [0.29, 0.717) is 18.6 Å². The molecule has 0 aliphatic heterocycles. The van der Waals surface area contributed by atoms with E-state index in [9.17, 15) is 4.79 Å². The highest BCUT2D eigenvalue weighted by Gasteiger charge is 2.22. The second-order valence-electron chi connectivity index (χ2n) is 5.83. The number of nitrogens with zero attached hydrogens (tertiary/aromatic N) is 3. The lowest BCUT2D eigenvalue weighted by Crippen LogP contribution is -2.46. The summed E-state index contributed by atoms with van der Waals surface area (Å²) in [5.41, 5.74) is 0. The maximum atomic E-state index is 11.8. The molecule has 20 heavy (non-hydrogen) atoms. The summed E-state index contributed by atoms with van der Waals surface area (Å²) in [5, 5.41) is 2.95. The van der Waals surface area contributed by atoms with Crippen molar-refractivity contribution in [2.45, 2.75) is 58.0 Å². The van der Waals surface area contributed by atoms with Crippen LogP contribution in [0.5, 0.6) is 0 Å². The van der Waals surface area contributed by atoms with Gasteiger partial charge in [-0.25, -0.2) is 9.78 Å². The van der Waals surface area contributed by atoms with E-state index in [0.717, 1.165) is 6.54 Å². The molecule has 0 unspecified atom stereocenters. The first kappa shape index (κ1) is 15.0. The standard InChI is InChI=1S/C15H26N4O/c1-13(2)19(14-6-4-3-5-7-14)11-9-17-15(20)18-10-8-16-12-18/h8,10,12-14H,3-7,9,11H2,1-2H3,(H,17,20). The molecule has 0 atom stereocenters. The summed E-state index contributed by atoms with van der Waals surface area (Å²) in [6.07, 6.45) is 11.5. The van der Waals surface area contributed by atoms with Gasteiger partial charge < -0.3 is 5.32 Å². The highest BCUT2D eigenvalue weighted by Crippen LogP contribution is 2.23. The minimum absolute atomic E-state index is 0.102. The molecule has 1 aromatic heterocycles. The highest BCUT2D eigenvalue weighted by molar-refractivity contribution is 5.76. The van der Waals surface area contributed by atoms with Gasteiger partial charge in [-0.15, -0.1) is 0 Å². The molecular weight excluding hydrogens is 252 g/mol. The third-order valence-corrected chi connectivity index (χ3v) is 4.09. The lowest BCUT2D eigenvalue weighted by molar-refractivity contribution is 0.122. The van der Waals surface area contributed by atoms with Crippen LogP contribution in [0.15, 0.2) is 18.7 Å². The number of carbonyl (C=O) groups excluding carboxylic acids is 1. The summed E-state index contributed by atoms with van der Waals surface area (Å²) in [7, 11) is 0. The van der Waals surface area contributed by atoms with Crippen LogP contribution in [0.2, 0.25) is 0 Å². The molecule has 0 bridgehead atoms. The second kappa shape index (κ2) is 7.43. The number of rotatable bonds is 5. The van der Waals surface area contributed by atoms with E-state index in [4.69, 9.17) is 0 Å². The second-order valence-corrected chi connectivity index (χ2v) is 5.83. The molecule has 1 aliphatic carbocycles. The Bertz CT molecular complexity index is 396. The number of aromatic nitrogens is 2. The fourth-order valence-corrected chi connectivity index (χ4v) is 3.04. The lowest BCUT2D eigenvalue weighted by Gasteiger charge is -2.37. The van der Waals surface area contributed by atoms with Gasteiger partial charge in [-0.3, -0.25) is 9.47 Å². The molecule has 1 saturated carbocycles. The third-order valence-electron chi connectivity index (χ3n) is 4.09. The molecular formula is C15H26N4O. The number of carbonyl (C=O) groups is 1. The smallest absolute Gasteiger partial charge is 0.326 e. The summed E-state index contributed by atoms with van der Waals surface area (Å²) >= 11 is 0. The van der Waals surface area contributed by atoms with Gasteiger partial charge in [0.15, 0.2) is 0 Å². The predicted octanol–water partition coefficient (Wildman–Crippen LogP) is 2.48. The van der Waals surface area contributed by atoms with E-state index in [1.165, 1.54) is 43.0 Å². The van der Waals surface area contributed by atoms with E-state index < -0.39 is 0 Å². The fourth-order valence-electron chi connectivity index (χ4n) is 3.04. The van der Waals surface area contributed by atoms with Crippen molar-refractivity contribution in [1.82, 2.24) is 19.8 Å². The zero-order valence-corrected chi connectivity index (χ0v) is 12.6. The van der Waals surface area contributed by atoms with Gasteiger partial charge in [0.25, 0.3) is 0 Å². The Hall–Kier alpha value is -1.36. The van der Waals surface area contributed by atoms with Crippen LogP contribution in [-0.4, -0.2) is 45.7 Å². The zero-order chi connectivity index (χ0) is 14.4. The predicted molar refractivity (Wildman–Crippen MR) is 79.7 cm³/mol. The van der Waals surface area contributed by atoms with Crippen LogP contribution in [-0.2, 0) is 0 Å². The van der Waals surface area contributed by atoms with Gasteiger partial charge >= 0.3 is 6.03 Å². The Labute approximate surface area is 121 Å². The van der Waals surface area contributed by atoms with Crippen molar-refractivity contribution in [3.63, 3.8) is 0 Å². The van der Waals surface area contributed by atoms with Crippen molar-refractivity contribution in [1.29, 1.82) is 0 Å². The van der Waals surface area contributed by atoms with E-state index in [1.807, 2.05) is 0 Å². The van der Waals surface area contributed by atoms with Gasteiger partial charge in [0.2, 0.25) is 0 Å². The average Bonchev–Trinajstić information content (AvgIpc) is 2.98. The number of amides is 1. The summed E-state index contributed by atoms with van der Waals surface area (Å²) in [6.45, 7) is 6.09. The van der Waals surface area contributed by atoms with Crippen LogP contribution in [0.1, 0.15) is 46.0 Å². The molecule has 0 spiro atoms. The molecule has 0 saturated heterocycles. The van der Waals surface area contributed by atoms with Crippen molar-refractivity contribution in [2.75, 3.05) is 13.1 Å². The summed E-state index contributed by atoms with van der Waals surface area (Å²) < 4.78 is 1.47. The lowest BCUT2D eigenvalue weighted by atomic mass is 9.93. The van der Waals surface area contributed by atoms with Gasteiger partial charge in [-0.2, -0.15) is 0 Å². The molecule has 2 rings (SSSR count). The van der Waals surface area contributed by atoms with Crippen LogP contribution >= 0.6 is 0 Å². The number of hydrogen-bond donors (Lipinski definition) is 1. The fraction of sp³-hybridized carbons (Fsp3) is 0.733. The van der Waals surface area contributed by atoms with Crippen LogP contribution in [0, 0.1) is 0 Å². The van der Waals surface area contributed by atoms with Crippen molar-refractivity contribution < 1.29 is 4.79 Å². The number of imidazole rings is 1. The zero-order valence-electron chi connectivity index (χ0n) is 12.6.